The highest BCUT2D eigenvalue weighted by Crippen LogP contribution is 2.19. The number of anilines is 1. The van der Waals surface area contributed by atoms with Gasteiger partial charge in [0.2, 0.25) is 0 Å². The fourth-order valence-corrected chi connectivity index (χ4v) is 3.41. The number of carbonyl (C=O) groups is 1. The molecule has 0 saturated carbocycles. The molecule has 0 aliphatic heterocycles. The Kier molecular flexibility index (Phi) is 6.40. The molecule has 0 aliphatic rings. The van der Waals surface area contributed by atoms with Gasteiger partial charge in [0.15, 0.2) is 6.61 Å². The number of ether oxygens (including phenoxy) is 1. The molecular weight excluding hydrogens is 397 g/mol. The number of carbonyl (C=O) groups excluding carboxylic acids is 1. The van der Waals surface area contributed by atoms with Gasteiger partial charge in [0.25, 0.3) is 15.9 Å². The fraction of sp³-hybridized carbons (Fsp3) is 0.100. The molecule has 3 rings (SSSR count). The number of halogens is 1. The smallest absolute Gasteiger partial charge is 0.261 e. The zero-order valence-corrected chi connectivity index (χ0v) is 16.0. The molecule has 2 N–H and O–H groups in total. The van der Waals surface area contributed by atoms with E-state index in [9.17, 15) is 17.6 Å². The van der Waals surface area contributed by atoms with Gasteiger partial charge < -0.3 is 10.1 Å². The standard InChI is InChI=1S/C20H18FN3O4S/c21-16-1-3-17(4-2-16)24-29(26,27)19-7-5-18(6-8-19)28-14-20(25)23-13-15-9-11-22-12-10-15/h1-12,24H,13-14H2,(H,23,25). The highest BCUT2D eigenvalue weighted by atomic mass is 32.2. The molecule has 0 fully saturated rings. The van der Waals surface area contributed by atoms with Crippen LogP contribution in [0.15, 0.2) is 78.0 Å². The molecule has 1 amide bonds. The van der Waals surface area contributed by atoms with E-state index in [1.54, 1.807) is 24.5 Å². The van der Waals surface area contributed by atoms with Gasteiger partial charge in [0.05, 0.1) is 4.90 Å². The maximum atomic E-state index is 12.9. The minimum Gasteiger partial charge on any atom is -0.484 e. The normalized spacial score (nSPS) is 10.9. The molecule has 0 saturated heterocycles. The summed E-state index contributed by atoms with van der Waals surface area (Å²) in [6.45, 7) is 0.155. The molecule has 0 aliphatic carbocycles. The summed E-state index contributed by atoms with van der Waals surface area (Å²) in [6, 6.07) is 14.2. The van der Waals surface area contributed by atoms with Crippen LogP contribution in [0.2, 0.25) is 0 Å². The molecule has 29 heavy (non-hydrogen) atoms. The van der Waals surface area contributed by atoms with Gasteiger partial charge in [0.1, 0.15) is 11.6 Å². The monoisotopic (exact) mass is 415 g/mol. The van der Waals surface area contributed by atoms with Crippen LogP contribution in [-0.2, 0) is 21.4 Å². The van der Waals surface area contributed by atoms with Crippen LogP contribution in [0.3, 0.4) is 0 Å². The van der Waals surface area contributed by atoms with Crippen LogP contribution in [0.4, 0.5) is 10.1 Å². The van der Waals surface area contributed by atoms with Crippen LogP contribution in [0.25, 0.3) is 0 Å². The van der Waals surface area contributed by atoms with Gasteiger partial charge in [-0.2, -0.15) is 0 Å². The third-order valence-corrected chi connectivity index (χ3v) is 5.24. The number of sulfonamides is 1. The second-order valence-corrected chi connectivity index (χ2v) is 7.69. The second-order valence-electron chi connectivity index (χ2n) is 6.00. The van der Waals surface area contributed by atoms with Crippen LogP contribution in [0.5, 0.6) is 5.75 Å². The Labute approximate surface area is 167 Å². The van der Waals surface area contributed by atoms with Crippen molar-refractivity contribution in [3.05, 3.63) is 84.4 Å². The quantitative estimate of drug-likeness (QED) is 0.590. The molecule has 0 unspecified atom stereocenters. The summed E-state index contributed by atoms with van der Waals surface area (Å²) in [6.07, 6.45) is 3.27. The van der Waals surface area contributed by atoms with E-state index >= 15 is 0 Å². The van der Waals surface area contributed by atoms with E-state index in [0.29, 0.717) is 12.3 Å². The Hall–Kier alpha value is -3.46. The summed E-state index contributed by atoms with van der Waals surface area (Å²) in [5, 5.41) is 2.71. The van der Waals surface area contributed by atoms with E-state index in [4.69, 9.17) is 4.74 Å². The van der Waals surface area contributed by atoms with Gasteiger partial charge in [-0.25, -0.2) is 12.8 Å². The van der Waals surface area contributed by atoms with E-state index in [0.717, 1.165) is 17.7 Å². The van der Waals surface area contributed by atoms with Crippen molar-refractivity contribution in [2.75, 3.05) is 11.3 Å². The molecule has 150 valence electrons. The van der Waals surface area contributed by atoms with Gasteiger partial charge in [-0.1, -0.05) is 0 Å². The fourth-order valence-electron chi connectivity index (χ4n) is 2.35. The van der Waals surface area contributed by atoms with Crippen molar-refractivity contribution < 1.29 is 22.3 Å². The highest BCUT2D eigenvalue weighted by Gasteiger charge is 2.14. The SMILES string of the molecule is O=C(COc1ccc(S(=O)(=O)Nc2ccc(F)cc2)cc1)NCc1ccncc1. The number of rotatable bonds is 8. The maximum Gasteiger partial charge on any atom is 0.261 e. The summed E-state index contributed by atoms with van der Waals surface area (Å²) in [7, 11) is -3.83. The Morgan fingerprint density at radius 3 is 2.28 bits per heavy atom. The average molecular weight is 415 g/mol. The van der Waals surface area contributed by atoms with Crippen molar-refractivity contribution in [2.45, 2.75) is 11.4 Å². The zero-order valence-electron chi connectivity index (χ0n) is 15.2. The maximum absolute atomic E-state index is 12.9. The predicted octanol–water partition coefficient (Wildman–Crippen LogP) is 2.72. The minimum absolute atomic E-state index is 0.0105. The number of hydrogen-bond acceptors (Lipinski definition) is 5. The van der Waals surface area contributed by atoms with Crippen molar-refractivity contribution in [1.29, 1.82) is 0 Å². The summed E-state index contributed by atoms with van der Waals surface area (Å²) in [5.41, 5.74) is 1.16. The first kappa shape index (κ1) is 20.3. The Morgan fingerprint density at radius 1 is 0.966 bits per heavy atom. The van der Waals surface area contributed by atoms with E-state index in [1.807, 2.05) is 0 Å². The number of aromatic nitrogens is 1. The number of pyridine rings is 1. The van der Waals surface area contributed by atoms with Crippen molar-refractivity contribution >= 4 is 21.6 Å². The number of benzene rings is 2. The lowest BCUT2D eigenvalue weighted by Gasteiger charge is -2.10. The Morgan fingerprint density at radius 2 is 1.62 bits per heavy atom. The van der Waals surface area contributed by atoms with Crippen LogP contribution in [0, 0.1) is 5.82 Å². The largest absolute Gasteiger partial charge is 0.484 e. The highest BCUT2D eigenvalue weighted by molar-refractivity contribution is 7.92. The minimum atomic E-state index is -3.83. The van der Waals surface area contributed by atoms with Crippen molar-refractivity contribution in [3.8, 4) is 5.75 Å². The van der Waals surface area contributed by atoms with E-state index in [-0.39, 0.29) is 23.1 Å². The number of hydrogen-bond donors (Lipinski definition) is 2. The van der Waals surface area contributed by atoms with Crippen molar-refractivity contribution in [2.24, 2.45) is 0 Å². The van der Waals surface area contributed by atoms with Crippen molar-refractivity contribution in [3.63, 3.8) is 0 Å². The predicted molar refractivity (Wildman–Crippen MR) is 105 cm³/mol. The molecule has 2 aromatic carbocycles. The van der Waals surface area contributed by atoms with Gasteiger partial charge in [-0.15, -0.1) is 0 Å². The van der Waals surface area contributed by atoms with Gasteiger partial charge in [-0.3, -0.25) is 14.5 Å². The Bertz CT molecular complexity index is 1060. The zero-order chi connectivity index (χ0) is 20.7. The molecular formula is C20H18FN3O4S. The lowest BCUT2D eigenvalue weighted by Crippen LogP contribution is -2.28. The van der Waals surface area contributed by atoms with Crippen LogP contribution in [-0.4, -0.2) is 25.9 Å². The van der Waals surface area contributed by atoms with Crippen LogP contribution < -0.4 is 14.8 Å². The number of nitrogens with zero attached hydrogens (tertiary/aromatic N) is 1. The summed E-state index contributed by atoms with van der Waals surface area (Å²) in [4.78, 5) is 15.8. The number of amides is 1. The molecule has 9 heteroatoms. The van der Waals surface area contributed by atoms with E-state index in [1.165, 1.54) is 36.4 Å². The molecule has 1 aromatic heterocycles. The first-order valence-electron chi connectivity index (χ1n) is 8.59. The third kappa shape index (κ3) is 6.01. The number of nitrogens with one attached hydrogen (secondary N) is 2. The second kappa shape index (κ2) is 9.16. The van der Waals surface area contributed by atoms with Gasteiger partial charge >= 0.3 is 0 Å². The van der Waals surface area contributed by atoms with Gasteiger partial charge in [-0.05, 0) is 66.2 Å². The lowest BCUT2D eigenvalue weighted by atomic mass is 10.3. The molecule has 7 nitrogen and oxygen atoms in total. The molecule has 3 aromatic rings. The first-order chi connectivity index (χ1) is 13.9. The summed E-state index contributed by atoms with van der Waals surface area (Å²) < 4.78 is 45.4. The van der Waals surface area contributed by atoms with Crippen LogP contribution >= 0.6 is 0 Å². The summed E-state index contributed by atoms with van der Waals surface area (Å²) in [5.74, 6) is -0.416. The molecule has 0 atom stereocenters. The molecule has 0 spiro atoms. The van der Waals surface area contributed by atoms with Gasteiger partial charge in [0, 0.05) is 24.6 Å². The van der Waals surface area contributed by atoms with Crippen LogP contribution in [0.1, 0.15) is 5.56 Å². The third-order valence-electron chi connectivity index (χ3n) is 3.84. The average Bonchev–Trinajstić information content (AvgIpc) is 2.73. The topological polar surface area (TPSA) is 97.4 Å². The molecule has 1 heterocycles. The summed E-state index contributed by atoms with van der Waals surface area (Å²) >= 11 is 0. The molecule has 0 radical (unpaired) electrons. The van der Waals surface area contributed by atoms with E-state index < -0.39 is 15.8 Å². The first-order valence-corrected chi connectivity index (χ1v) is 10.1. The molecule has 0 bridgehead atoms. The lowest BCUT2D eigenvalue weighted by molar-refractivity contribution is -0.123. The van der Waals surface area contributed by atoms with Crippen molar-refractivity contribution in [1.82, 2.24) is 10.3 Å². The Balaban J connectivity index is 1.52. The van der Waals surface area contributed by atoms with E-state index in [2.05, 4.69) is 15.0 Å².